The Morgan fingerprint density at radius 3 is 2.56 bits per heavy atom. The van der Waals surface area contributed by atoms with Gasteiger partial charge < -0.3 is 14.6 Å². The molecule has 0 aromatic carbocycles. The highest BCUT2D eigenvalue weighted by atomic mass is 19.3. The van der Waals surface area contributed by atoms with E-state index >= 15 is 0 Å². The van der Waals surface area contributed by atoms with Crippen LogP contribution in [0.4, 0.5) is 8.78 Å². The quantitative estimate of drug-likeness (QED) is 0.332. The number of hydrogen-bond acceptors (Lipinski definition) is 5. The molecule has 4 rings (SSSR count). The molecule has 36 heavy (non-hydrogen) atoms. The third kappa shape index (κ3) is 4.63. The summed E-state index contributed by atoms with van der Waals surface area (Å²) in [7, 11) is 0. The van der Waals surface area contributed by atoms with Gasteiger partial charge in [-0.15, -0.1) is 0 Å². The van der Waals surface area contributed by atoms with Gasteiger partial charge in [0.2, 0.25) is 0 Å². The Balaban J connectivity index is 1.47. The summed E-state index contributed by atoms with van der Waals surface area (Å²) >= 11 is 0. The lowest BCUT2D eigenvalue weighted by Gasteiger charge is -2.59. The molecule has 0 aliphatic heterocycles. The fourth-order valence-corrected chi connectivity index (χ4v) is 8.97. The minimum atomic E-state index is -3.42. The second-order valence-electron chi connectivity index (χ2n) is 12.5. The lowest BCUT2D eigenvalue weighted by molar-refractivity contribution is -0.173. The maximum absolute atomic E-state index is 14.3. The molecule has 0 saturated heterocycles. The third-order valence-corrected chi connectivity index (χ3v) is 10.7. The second-order valence-corrected chi connectivity index (χ2v) is 12.5. The molecule has 0 heterocycles. The van der Waals surface area contributed by atoms with Crippen molar-refractivity contribution in [3.63, 3.8) is 0 Å². The second kappa shape index (κ2) is 9.99. The molecule has 7 heteroatoms. The number of alkyl halides is 2. The van der Waals surface area contributed by atoms with Crippen molar-refractivity contribution in [3.05, 3.63) is 11.6 Å². The first-order valence-electron chi connectivity index (χ1n) is 14.0. The number of esters is 2. The number of ether oxygens (including phenoxy) is 2. The van der Waals surface area contributed by atoms with E-state index in [9.17, 15) is 23.5 Å². The Hall–Kier alpha value is -1.50. The summed E-state index contributed by atoms with van der Waals surface area (Å²) in [6.07, 6.45) is 7.67. The summed E-state index contributed by atoms with van der Waals surface area (Å²) in [6.45, 7) is 9.65. The van der Waals surface area contributed by atoms with Crippen LogP contribution in [0.2, 0.25) is 0 Å². The van der Waals surface area contributed by atoms with E-state index in [1.54, 1.807) is 6.92 Å². The molecule has 0 unspecified atom stereocenters. The molecule has 1 N–H and O–H groups in total. The largest absolute Gasteiger partial charge is 0.462 e. The molecule has 9 atom stereocenters. The number of halogens is 2. The van der Waals surface area contributed by atoms with Gasteiger partial charge in [0.25, 0.3) is 0 Å². The highest BCUT2D eigenvalue weighted by Gasteiger charge is 2.60. The fraction of sp³-hybridized carbons (Fsp3) is 0.862. The zero-order chi connectivity index (χ0) is 26.5. The van der Waals surface area contributed by atoms with Gasteiger partial charge in [-0.25, -0.2) is 4.79 Å². The van der Waals surface area contributed by atoms with Gasteiger partial charge in [-0.1, -0.05) is 26.8 Å². The van der Waals surface area contributed by atoms with Gasteiger partial charge in [0, 0.05) is 13.3 Å². The Morgan fingerprint density at radius 2 is 1.89 bits per heavy atom. The van der Waals surface area contributed by atoms with Gasteiger partial charge in [0.1, 0.15) is 12.2 Å². The van der Waals surface area contributed by atoms with Gasteiger partial charge in [0.05, 0.1) is 6.61 Å². The molecule has 4 aliphatic carbocycles. The normalized spacial score (nSPS) is 40.8. The lowest BCUT2D eigenvalue weighted by atomic mass is 9.46. The van der Waals surface area contributed by atoms with Crippen LogP contribution in [0.25, 0.3) is 0 Å². The van der Waals surface area contributed by atoms with Gasteiger partial charge >= 0.3 is 17.9 Å². The first-order chi connectivity index (χ1) is 16.8. The van der Waals surface area contributed by atoms with Crippen molar-refractivity contribution in [3.8, 4) is 0 Å². The molecule has 0 radical (unpaired) electrons. The van der Waals surface area contributed by atoms with E-state index in [1.165, 1.54) is 6.92 Å². The maximum Gasteiger partial charge on any atom is 0.376 e. The number of allylic oxidation sites excluding steroid dienone is 1. The van der Waals surface area contributed by atoms with E-state index in [0.717, 1.165) is 44.1 Å². The van der Waals surface area contributed by atoms with Crippen LogP contribution in [-0.4, -0.2) is 41.8 Å². The van der Waals surface area contributed by atoms with E-state index in [2.05, 4.69) is 31.6 Å². The molecular formula is C29H44F2O5. The molecule has 0 aromatic rings. The molecule has 4 aliphatic rings. The van der Waals surface area contributed by atoms with Crippen LogP contribution in [-0.2, 0) is 19.1 Å². The van der Waals surface area contributed by atoms with E-state index < -0.39 is 30.5 Å². The minimum absolute atomic E-state index is 0.0363. The van der Waals surface area contributed by atoms with Crippen LogP contribution in [0, 0.1) is 40.4 Å². The predicted octanol–water partition coefficient (Wildman–Crippen LogP) is 6.08. The van der Waals surface area contributed by atoms with Crippen molar-refractivity contribution in [1.82, 2.24) is 0 Å². The molecule has 0 aromatic heterocycles. The average Bonchev–Trinajstić information content (AvgIpc) is 3.17. The number of hydrogen-bond donors (Lipinski definition) is 1. The molecular weight excluding hydrogens is 466 g/mol. The minimum Gasteiger partial charge on any atom is -0.462 e. The molecule has 3 fully saturated rings. The van der Waals surface area contributed by atoms with Gasteiger partial charge in [-0.05, 0) is 104 Å². The van der Waals surface area contributed by atoms with E-state index in [-0.39, 0.29) is 29.3 Å². The van der Waals surface area contributed by atoms with Crippen molar-refractivity contribution >= 4 is 11.9 Å². The van der Waals surface area contributed by atoms with Crippen LogP contribution >= 0.6 is 0 Å². The summed E-state index contributed by atoms with van der Waals surface area (Å²) < 4.78 is 38.6. The van der Waals surface area contributed by atoms with Crippen LogP contribution in [0.15, 0.2) is 11.6 Å². The molecule has 5 nitrogen and oxygen atoms in total. The molecule has 0 spiro atoms. The Labute approximate surface area is 214 Å². The first-order valence-corrected chi connectivity index (χ1v) is 14.0. The zero-order valence-corrected chi connectivity index (χ0v) is 22.5. The number of aliphatic hydroxyl groups is 1. The summed E-state index contributed by atoms with van der Waals surface area (Å²) in [6, 6.07) is 0. The molecule has 3 saturated carbocycles. The summed E-state index contributed by atoms with van der Waals surface area (Å²) in [5.41, 5.74) is 1.06. The summed E-state index contributed by atoms with van der Waals surface area (Å²) in [5, 5.41) is 11.1. The van der Waals surface area contributed by atoms with Crippen LogP contribution in [0.1, 0.15) is 92.4 Å². The standard InChI is InChI=1S/C29H44F2O5/c1-6-35-26(34)29(30,31)16-11-17(2)20-9-10-21-19-7-8-23-25(33)24(36-18(3)32)13-15-28(23,5)22(19)12-14-27(20,21)4/h8,17,19-22,24-25,33H,6-7,9-16H2,1-5H3/t17-,19+,20-,21+,22+,24+,25-,27-,28-/m1/s1. The zero-order valence-electron chi connectivity index (χ0n) is 22.5. The van der Waals surface area contributed by atoms with Crippen LogP contribution in [0.5, 0.6) is 0 Å². The predicted molar refractivity (Wildman–Crippen MR) is 132 cm³/mol. The summed E-state index contributed by atoms with van der Waals surface area (Å²) in [4.78, 5) is 23.2. The van der Waals surface area contributed by atoms with Crippen molar-refractivity contribution < 1.29 is 33.0 Å². The van der Waals surface area contributed by atoms with Crippen molar-refractivity contribution in [2.24, 2.45) is 40.4 Å². The van der Waals surface area contributed by atoms with Gasteiger partial charge in [-0.2, -0.15) is 8.78 Å². The Morgan fingerprint density at radius 1 is 1.17 bits per heavy atom. The SMILES string of the molecule is CCOC(=O)C(F)(F)CC[C@@H](C)[C@H]1CC[C@H]2[C@@H]3CC=C4[C@@H](O)[C@@H](OC(C)=O)CC[C@]4(C)[C@H]3CC[C@]12C. The monoisotopic (exact) mass is 510 g/mol. The van der Waals surface area contributed by atoms with Gasteiger partial charge in [0.15, 0.2) is 0 Å². The third-order valence-electron chi connectivity index (χ3n) is 10.7. The summed E-state index contributed by atoms with van der Waals surface area (Å²) in [5.74, 6) is -3.17. The van der Waals surface area contributed by atoms with Crippen LogP contribution in [0.3, 0.4) is 0 Å². The fourth-order valence-electron chi connectivity index (χ4n) is 8.97. The Kier molecular flexibility index (Phi) is 7.64. The molecule has 204 valence electrons. The lowest BCUT2D eigenvalue weighted by Crippen LogP contribution is -2.54. The smallest absolute Gasteiger partial charge is 0.376 e. The van der Waals surface area contributed by atoms with E-state index in [0.29, 0.717) is 36.5 Å². The number of aliphatic hydroxyl groups excluding tert-OH is 1. The van der Waals surface area contributed by atoms with Gasteiger partial charge in [-0.3, -0.25) is 4.79 Å². The van der Waals surface area contributed by atoms with Crippen LogP contribution < -0.4 is 0 Å². The number of carbonyl (C=O) groups is 2. The van der Waals surface area contributed by atoms with E-state index in [4.69, 9.17) is 4.74 Å². The van der Waals surface area contributed by atoms with E-state index in [1.807, 2.05) is 0 Å². The highest BCUT2D eigenvalue weighted by molar-refractivity contribution is 5.77. The number of carbonyl (C=O) groups excluding carboxylic acids is 2. The first kappa shape index (κ1) is 27.5. The highest BCUT2D eigenvalue weighted by Crippen LogP contribution is 2.67. The van der Waals surface area contributed by atoms with Crippen molar-refractivity contribution in [1.29, 1.82) is 0 Å². The molecule has 0 bridgehead atoms. The van der Waals surface area contributed by atoms with Crippen molar-refractivity contribution in [2.45, 2.75) is 111 Å². The maximum atomic E-state index is 14.3. The number of fused-ring (bicyclic) bond motifs is 5. The number of rotatable bonds is 7. The topological polar surface area (TPSA) is 72.8 Å². The van der Waals surface area contributed by atoms with Crippen molar-refractivity contribution in [2.75, 3.05) is 6.61 Å². The average molecular weight is 511 g/mol. The Bertz CT molecular complexity index is 887. The molecule has 0 amide bonds.